The molecule has 0 bridgehead atoms. The summed E-state index contributed by atoms with van der Waals surface area (Å²) in [7, 11) is -2.32. The van der Waals surface area contributed by atoms with E-state index in [0.29, 0.717) is 17.0 Å². The number of halogens is 2. The van der Waals surface area contributed by atoms with Gasteiger partial charge in [-0.05, 0) is 60.2 Å². The van der Waals surface area contributed by atoms with Crippen LogP contribution in [0, 0.1) is 5.82 Å². The Hall–Kier alpha value is -2.38. The number of sulfonamides is 1. The molecule has 0 saturated heterocycles. The van der Waals surface area contributed by atoms with Crippen molar-refractivity contribution >= 4 is 31.6 Å². The summed E-state index contributed by atoms with van der Waals surface area (Å²) in [5.74, 6) is 0.201. The van der Waals surface area contributed by atoms with E-state index in [4.69, 9.17) is 4.74 Å². The highest BCUT2D eigenvalue weighted by molar-refractivity contribution is 9.10. The fourth-order valence-corrected chi connectivity index (χ4v) is 4.41. The number of hydrogen-bond donors (Lipinski definition) is 0. The van der Waals surface area contributed by atoms with E-state index < -0.39 is 10.0 Å². The Morgan fingerprint density at radius 3 is 2.26 bits per heavy atom. The van der Waals surface area contributed by atoms with E-state index in [9.17, 15) is 12.8 Å². The molecule has 0 N–H and O–H groups in total. The van der Waals surface area contributed by atoms with Gasteiger partial charge in [-0.25, -0.2) is 12.8 Å². The Morgan fingerprint density at radius 1 is 1.00 bits per heavy atom. The lowest BCUT2D eigenvalue weighted by Gasteiger charge is -2.25. The Bertz CT molecular complexity index is 1020. The van der Waals surface area contributed by atoms with Gasteiger partial charge in [-0.3, -0.25) is 4.31 Å². The topological polar surface area (TPSA) is 46.6 Å². The first-order valence-corrected chi connectivity index (χ1v) is 10.3. The van der Waals surface area contributed by atoms with Crippen molar-refractivity contribution in [1.82, 2.24) is 0 Å². The number of ether oxygens (including phenoxy) is 1. The molecule has 0 atom stereocenters. The molecule has 4 nitrogen and oxygen atoms in total. The van der Waals surface area contributed by atoms with Crippen LogP contribution in [-0.2, 0) is 16.6 Å². The summed E-state index contributed by atoms with van der Waals surface area (Å²) in [5, 5.41) is 0. The molecule has 0 aromatic heterocycles. The average Bonchev–Trinajstić information content (AvgIpc) is 2.67. The Morgan fingerprint density at radius 2 is 1.67 bits per heavy atom. The number of methoxy groups -OCH3 is 1. The minimum Gasteiger partial charge on any atom is -0.497 e. The SMILES string of the molecule is COc1ccc(S(=O)(=O)N(Cc2ccc(F)cc2)c2cccc(Br)c2)cc1. The molecule has 140 valence electrons. The van der Waals surface area contributed by atoms with Gasteiger partial charge in [-0.1, -0.05) is 34.1 Å². The van der Waals surface area contributed by atoms with Crippen molar-refractivity contribution in [1.29, 1.82) is 0 Å². The lowest BCUT2D eigenvalue weighted by atomic mass is 10.2. The van der Waals surface area contributed by atoms with Crippen molar-refractivity contribution in [3.8, 4) is 5.75 Å². The van der Waals surface area contributed by atoms with Gasteiger partial charge >= 0.3 is 0 Å². The number of rotatable bonds is 6. The van der Waals surface area contributed by atoms with Gasteiger partial charge in [0.1, 0.15) is 11.6 Å². The molecular formula is C20H17BrFNO3S. The first-order valence-electron chi connectivity index (χ1n) is 8.07. The molecule has 0 aliphatic carbocycles. The van der Waals surface area contributed by atoms with Crippen molar-refractivity contribution in [2.75, 3.05) is 11.4 Å². The van der Waals surface area contributed by atoms with Gasteiger partial charge in [0.25, 0.3) is 10.0 Å². The van der Waals surface area contributed by atoms with Crippen LogP contribution >= 0.6 is 15.9 Å². The first-order chi connectivity index (χ1) is 12.9. The highest BCUT2D eigenvalue weighted by Crippen LogP contribution is 2.29. The Balaban J connectivity index is 2.05. The molecule has 0 amide bonds. The third-order valence-corrected chi connectivity index (χ3v) is 6.26. The molecule has 3 rings (SSSR count). The molecule has 3 aromatic rings. The van der Waals surface area contributed by atoms with E-state index in [-0.39, 0.29) is 17.3 Å². The molecule has 0 saturated carbocycles. The third kappa shape index (κ3) is 4.48. The van der Waals surface area contributed by atoms with Crippen molar-refractivity contribution in [3.63, 3.8) is 0 Å². The molecule has 3 aromatic carbocycles. The van der Waals surface area contributed by atoms with Crippen LogP contribution in [0.5, 0.6) is 5.75 Å². The maximum atomic E-state index is 13.3. The van der Waals surface area contributed by atoms with Gasteiger partial charge in [-0.15, -0.1) is 0 Å². The predicted octanol–water partition coefficient (Wildman–Crippen LogP) is 4.99. The van der Waals surface area contributed by atoms with Gasteiger partial charge in [0.2, 0.25) is 0 Å². The van der Waals surface area contributed by atoms with Crippen LogP contribution in [0.25, 0.3) is 0 Å². The zero-order chi connectivity index (χ0) is 19.4. The molecule has 0 unspecified atom stereocenters. The Labute approximate surface area is 166 Å². The summed E-state index contributed by atoms with van der Waals surface area (Å²) in [6.07, 6.45) is 0. The van der Waals surface area contributed by atoms with E-state index in [1.807, 2.05) is 6.07 Å². The van der Waals surface area contributed by atoms with E-state index in [0.717, 1.165) is 4.47 Å². The lowest BCUT2D eigenvalue weighted by molar-refractivity contribution is 0.414. The van der Waals surface area contributed by atoms with Crippen molar-refractivity contribution in [3.05, 3.63) is 88.6 Å². The highest BCUT2D eigenvalue weighted by atomic mass is 79.9. The number of nitrogens with zero attached hydrogens (tertiary/aromatic N) is 1. The second kappa shape index (κ2) is 8.10. The summed E-state index contributed by atoms with van der Waals surface area (Å²) in [4.78, 5) is 0.144. The summed E-state index contributed by atoms with van der Waals surface area (Å²) in [6.45, 7) is 0.0745. The monoisotopic (exact) mass is 449 g/mol. The summed E-state index contributed by atoms with van der Waals surface area (Å²) >= 11 is 3.38. The number of anilines is 1. The van der Waals surface area contributed by atoms with Gasteiger partial charge in [0, 0.05) is 4.47 Å². The quantitative estimate of drug-likeness (QED) is 0.532. The van der Waals surface area contributed by atoms with Crippen LogP contribution < -0.4 is 9.04 Å². The molecule has 0 heterocycles. The largest absolute Gasteiger partial charge is 0.497 e. The molecule has 0 fully saturated rings. The maximum absolute atomic E-state index is 13.3. The number of benzene rings is 3. The molecular weight excluding hydrogens is 433 g/mol. The normalized spacial score (nSPS) is 11.2. The summed E-state index contributed by atoms with van der Waals surface area (Å²) in [6, 6.07) is 19.0. The van der Waals surface area contributed by atoms with Crippen LogP contribution in [0.3, 0.4) is 0 Å². The van der Waals surface area contributed by atoms with Crippen LogP contribution in [0.2, 0.25) is 0 Å². The van der Waals surface area contributed by atoms with Crippen molar-refractivity contribution in [2.24, 2.45) is 0 Å². The lowest BCUT2D eigenvalue weighted by Crippen LogP contribution is -2.30. The zero-order valence-electron chi connectivity index (χ0n) is 14.5. The van der Waals surface area contributed by atoms with E-state index in [2.05, 4.69) is 15.9 Å². The minimum absolute atomic E-state index is 0.0745. The van der Waals surface area contributed by atoms with Crippen LogP contribution in [0.1, 0.15) is 5.56 Å². The van der Waals surface area contributed by atoms with E-state index in [1.165, 1.54) is 35.7 Å². The van der Waals surface area contributed by atoms with Crippen molar-refractivity contribution in [2.45, 2.75) is 11.4 Å². The highest BCUT2D eigenvalue weighted by Gasteiger charge is 2.25. The molecule has 7 heteroatoms. The second-order valence-electron chi connectivity index (χ2n) is 5.79. The minimum atomic E-state index is -3.84. The predicted molar refractivity (Wildman–Crippen MR) is 107 cm³/mol. The smallest absolute Gasteiger partial charge is 0.264 e. The fourth-order valence-electron chi connectivity index (χ4n) is 2.58. The first kappa shape index (κ1) is 19.4. The third-order valence-electron chi connectivity index (χ3n) is 3.98. The number of hydrogen-bond acceptors (Lipinski definition) is 3. The zero-order valence-corrected chi connectivity index (χ0v) is 16.9. The van der Waals surface area contributed by atoms with Crippen molar-refractivity contribution < 1.29 is 17.5 Å². The molecule has 0 aliphatic rings. The van der Waals surface area contributed by atoms with Gasteiger partial charge in [-0.2, -0.15) is 0 Å². The van der Waals surface area contributed by atoms with Gasteiger partial charge < -0.3 is 4.74 Å². The Kier molecular flexibility index (Phi) is 5.82. The summed E-state index contributed by atoms with van der Waals surface area (Å²) in [5.41, 5.74) is 1.18. The second-order valence-corrected chi connectivity index (χ2v) is 8.57. The van der Waals surface area contributed by atoms with Crippen LogP contribution in [0.15, 0.2) is 82.2 Å². The average molecular weight is 450 g/mol. The van der Waals surface area contributed by atoms with Gasteiger partial charge in [0.05, 0.1) is 24.2 Å². The molecule has 0 radical (unpaired) electrons. The van der Waals surface area contributed by atoms with Crippen LogP contribution in [-0.4, -0.2) is 15.5 Å². The standard InChI is InChI=1S/C20H17BrFNO3S/c1-26-19-9-11-20(12-10-19)27(24,25)23(18-4-2-3-16(21)13-18)14-15-5-7-17(22)8-6-15/h2-13H,14H2,1H3. The van der Waals surface area contributed by atoms with E-state index >= 15 is 0 Å². The van der Waals surface area contributed by atoms with Crippen LogP contribution in [0.4, 0.5) is 10.1 Å². The molecule has 27 heavy (non-hydrogen) atoms. The van der Waals surface area contributed by atoms with E-state index in [1.54, 1.807) is 42.5 Å². The molecule has 0 aliphatic heterocycles. The summed E-state index contributed by atoms with van der Waals surface area (Å²) < 4.78 is 47.0. The fraction of sp³-hybridized carbons (Fsp3) is 0.100. The van der Waals surface area contributed by atoms with Gasteiger partial charge in [0.15, 0.2) is 0 Å². The maximum Gasteiger partial charge on any atom is 0.264 e. The molecule has 0 spiro atoms.